The van der Waals surface area contributed by atoms with Gasteiger partial charge in [-0.2, -0.15) is 5.26 Å². The van der Waals surface area contributed by atoms with Crippen molar-refractivity contribution in [3.63, 3.8) is 0 Å². The van der Waals surface area contributed by atoms with E-state index in [-0.39, 0.29) is 5.41 Å². The lowest BCUT2D eigenvalue weighted by molar-refractivity contribution is 0.146. The molecule has 0 amide bonds. The predicted octanol–water partition coefficient (Wildman–Crippen LogP) is 7.05. The normalized spacial score (nSPS) is 12.2. The van der Waals surface area contributed by atoms with Crippen LogP contribution in [0.1, 0.15) is 53.0 Å². The Balaban J connectivity index is 2.35. The van der Waals surface area contributed by atoms with Gasteiger partial charge in [-0.15, -0.1) is 0 Å². The fourth-order valence-corrected chi connectivity index (χ4v) is 3.51. The van der Waals surface area contributed by atoms with E-state index in [0.29, 0.717) is 24.7 Å². The second kappa shape index (κ2) is 14.2. The fraction of sp³-hybridized carbons (Fsp3) is 0.448. The molecular formula is C29H40N4O3. The van der Waals surface area contributed by atoms with Gasteiger partial charge in [0.2, 0.25) is 0 Å². The third-order valence-corrected chi connectivity index (χ3v) is 5.84. The molecule has 0 aromatic heterocycles. The van der Waals surface area contributed by atoms with Gasteiger partial charge >= 0.3 is 0 Å². The first-order valence-electron chi connectivity index (χ1n) is 12.3. The minimum absolute atomic E-state index is 0.339. The molecule has 7 nitrogen and oxygen atoms in total. The molecule has 2 aromatic carbocycles. The van der Waals surface area contributed by atoms with Crippen LogP contribution in [0.2, 0.25) is 0 Å². The zero-order valence-corrected chi connectivity index (χ0v) is 22.7. The Morgan fingerprint density at radius 3 is 2.39 bits per heavy atom. The molecule has 0 aliphatic carbocycles. The van der Waals surface area contributed by atoms with Crippen LogP contribution in [-0.2, 0) is 4.74 Å². The Morgan fingerprint density at radius 2 is 1.81 bits per heavy atom. The number of ether oxygens (including phenoxy) is 3. The maximum absolute atomic E-state index is 9.20. The number of hydrogen-bond donors (Lipinski definition) is 2. The molecule has 0 aliphatic rings. The molecule has 0 saturated heterocycles. The van der Waals surface area contributed by atoms with Crippen LogP contribution in [0.3, 0.4) is 0 Å². The summed E-state index contributed by atoms with van der Waals surface area (Å²) in [5.41, 5.74) is 5.40. The third kappa shape index (κ3) is 8.31. The lowest BCUT2D eigenvalue weighted by Crippen LogP contribution is -2.14. The van der Waals surface area contributed by atoms with Crippen LogP contribution in [0, 0.1) is 16.7 Å². The van der Waals surface area contributed by atoms with Gasteiger partial charge in [0.1, 0.15) is 18.1 Å². The average molecular weight is 493 g/mol. The summed E-state index contributed by atoms with van der Waals surface area (Å²) in [6, 6.07) is 14.3. The summed E-state index contributed by atoms with van der Waals surface area (Å²) in [5.74, 6) is 1.36. The van der Waals surface area contributed by atoms with Crippen molar-refractivity contribution in [1.29, 1.82) is 5.26 Å². The summed E-state index contributed by atoms with van der Waals surface area (Å²) < 4.78 is 16.8. The minimum Gasteiger partial charge on any atom is -0.496 e. The molecule has 7 heteroatoms. The number of anilines is 2. The second-order valence-corrected chi connectivity index (χ2v) is 9.13. The van der Waals surface area contributed by atoms with Gasteiger partial charge in [-0.1, -0.05) is 6.92 Å². The van der Waals surface area contributed by atoms with E-state index in [9.17, 15) is 5.26 Å². The number of nitriles is 1. The summed E-state index contributed by atoms with van der Waals surface area (Å²) in [6.45, 7) is 11.7. The Kier molecular flexibility index (Phi) is 11.3. The third-order valence-electron chi connectivity index (χ3n) is 5.84. The van der Waals surface area contributed by atoms with Gasteiger partial charge in [-0.25, -0.2) is 0 Å². The summed E-state index contributed by atoms with van der Waals surface area (Å²) in [4.78, 5) is 4.63. The van der Waals surface area contributed by atoms with Crippen molar-refractivity contribution in [2.45, 2.75) is 47.5 Å². The number of nitrogens with one attached hydrogen (secondary N) is 2. The lowest BCUT2D eigenvalue weighted by Gasteiger charge is -2.21. The van der Waals surface area contributed by atoms with E-state index in [2.05, 4.69) is 35.5 Å². The lowest BCUT2D eigenvalue weighted by atomic mass is 9.91. The fourth-order valence-electron chi connectivity index (χ4n) is 3.51. The molecule has 194 valence electrons. The van der Waals surface area contributed by atoms with Crippen molar-refractivity contribution in [1.82, 2.24) is 0 Å². The molecule has 0 radical (unpaired) electrons. The van der Waals surface area contributed by atoms with Gasteiger partial charge in [0.15, 0.2) is 0 Å². The summed E-state index contributed by atoms with van der Waals surface area (Å²) in [7, 11) is 3.30. The number of allylic oxidation sites excluding steroid dienone is 1. The maximum Gasteiger partial charge on any atom is 0.134 e. The number of nitrogens with zero attached hydrogens (tertiary/aromatic N) is 2. The molecular weight excluding hydrogens is 452 g/mol. The van der Waals surface area contributed by atoms with Crippen LogP contribution in [-0.4, -0.2) is 40.2 Å². The van der Waals surface area contributed by atoms with E-state index in [4.69, 9.17) is 14.2 Å². The first-order chi connectivity index (χ1) is 17.3. The molecule has 0 atom stereocenters. The summed E-state index contributed by atoms with van der Waals surface area (Å²) in [6.07, 6.45) is 3.41. The van der Waals surface area contributed by atoms with Crippen molar-refractivity contribution >= 4 is 29.0 Å². The maximum atomic E-state index is 9.20. The van der Waals surface area contributed by atoms with E-state index in [1.165, 1.54) is 5.57 Å². The largest absolute Gasteiger partial charge is 0.496 e. The number of aliphatic imine (C=N–C) groups is 1. The molecule has 2 aromatic rings. The van der Waals surface area contributed by atoms with E-state index in [0.717, 1.165) is 47.7 Å². The van der Waals surface area contributed by atoms with Gasteiger partial charge in [-0.3, -0.25) is 4.99 Å². The van der Waals surface area contributed by atoms with Crippen molar-refractivity contribution < 1.29 is 14.2 Å². The minimum atomic E-state index is -0.339. The van der Waals surface area contributed by atoms with Gasteiger partial charge in [0, 0.05) is 43.4 Å². The van der Waals surface area contributed by atoms with Crippen LogP contribution < -0.4 is 20.1 Å². The van der Waals surface area contributed by atoms with Gasteiger partial charge in [-0.05, 0) is 70.4 Å². The van der Waals surface area contributed by atoms with Gasteiger partial charge in [0.25, 0.3) is 0 Å². The number of methoxy groups -OCH3 is 2. The van der Waals surface area contributed by atoms with E-state index in [1.54, 1.807) is 20.4 Å². The van der Waals surface area contributed by atoms with Gasteiger partial charge in [0.05, 0.1) is 42.1 Å². The number of rotatable bonds is 14. The van der Waals surface area contributed by atoms with Crippen LogP contribution >= 0.6 is 0 Å². The molecule has 0 spiro atoms. The Labute approximate surface area is 216 Å². The molecule has 0 heterocycles. The highest BCUT2D eigenvalue weighted by molar-refractivity contribution is 5.89. The SMILES string of the molecule is CC=Nc1cc(OCCOC)cc(OC)c1C(Nc1ccc(NCCC(C)(C)C#N)cc1)=C(C)CC. The predicted molar refractivity (Wildman–Crippen MR) is 150 cm³/mol. The zero-order chi connectivity index (χ0) is 26.6. The molecule has 0 aliphatic heterocycles. The molecule has 36 heavy (non-hydrogen) atoms. The molecule has 0 unspecified atom stereocenters. The van der Waals surface area contributed by atoms with Crippen molar-refractivity contribution in [3.05, 3.63) is 47.5 Å². The van der Waals surface area contributed by atoms with Crippen molar-refractivity contribution in [2.24, 2.45) is 10.4 Å². The van der Waals surface area contributed by atoms with Crippen LogP contribution in [0.5, 0.6) is 11.5 Å². The van der Waals surface area contributed by atoms with Crippen molar-refractivity contribution in [3.8, 4) is 17.6 Å². The highest BCUT2D eigenvalue weighted by Crippen LogP contribution is 2.41. The van der Waals surface area contributed by atoms with E-state index >= 15 is 0 Å². The molecule has 0 saturated carbocycles. The van der Waals surface area contributed by atoms with E-state index < -0.39 is 0 Å². The first-order valence-corrected chi connectivity index (χ1v) is 12.3. The molecule has 0 bridgehead atoms. The molecule has 0 fully saturated rings. The van der Waals surface area contributed by atoms with E-state index in [1.807, 2.05) is 57.2 Å². The monoisotopic (exact) mass is 492 g/mol. The topological polar surface area (TPSA) is 87.9 Å². The molecule has 2 N–H and O–H groups in total. The zero-order valence-electron chi connectivity index (χ0n) is 22.7. The van der Waals surface area contributed by atoms with Gasteiger partial charge < -0.3 is 24.8 Å². The first kappa shape index (κ1) is 28.7. The number of benzene rings is 2. The highest BCUT2D eigenvalue weighted by Gasteiger charge is 2.19. The Bertz CT molecular complexity index is 1080. The van der Waals surface area contributed by atoms with Crippen LogP contribution in [0.25, 0.3) is 5.70 Å². The summed E-state index contributed by atoms with van der Waals surface area (Å²) in [5, 5.41) is 16.2. The second-order valence-electron chi connectivity index (χ2n) is 9.13. The van der Waals surface area contributed by atoms with Crippen LogP contribution in [0.15, 0.2) is 47.0 Å². The highest BCUT2D eigenvalue weighted by atomic mass is 16.5. The Morgan fingerprint density at radius 1 is 1.11 bits per heavy atom. The van der Waals surface area contributed by atoms with Crippen LogP contribution in [0.4, 0.5) is 17.1 Å². The van der Waals surface area contributed by atoms with Crippen molar-refractivity contribution in [2.75, 3.05) is 44.6 Å². The smallest absolute Gasteiger partial charge is 0.134 e. The summed E-state index contributed by atoms with van der Waals surface area (Å²) >= 11 is 0. The Hall–Kier alpha value is -3.50. The number of hydrogen-bond acceptors (Lipinski definition) is 7. The standard InChI is InChI=1S/C29H40N4O3/c1-8-21(3)28(33-23-12-10-22(11-13-23)32-15-14-29(4,5)20-30)27-25(31-9-2)18-24(19-26(27)35-7)36-17-16-34-6/h9-13,18-19,32-33H,8,14-17H2,1-7H3. The average Bonchev–Trinajstić information content (AvgIpc) is 2.88. The molecule has 2 rings (SSSR count). The quantitative estimate of drug-likeness (QED) is 0.217.